The van der Waals surface area contributed by atoms with Crippen LogP contribution in [0.4, 0.5) is 8.78 Å². The molecule has 0 aliphatic carbocycles. The zero-order valence-corrected chi connectivity index (χ0v) is 16.8. The van der Waals surface area contributed by atoms with Crippen molar-refractivity contribution in [2.24, 2.45) is 5.41 Å². The van der Waals surface area contributed by atoms with E-state index in [4.69, 9.17) is 14.0 Å². The molecule has 0 saturated carbocycles. The van der Waals surface area contributed by atoms with Gasteiger partial charge in [-0.3, -0.25) is 4.55 Å². The van der Waals surface area contributed by atoms with Crippen LogP contribution in [0.5, 0.6) is 5.75 Å². The normalized spacial score (nSPS) is 15.7. The number of halogens is 2. The molecule has 2 unspecified atom stereocenters. The summed E-state index contributed by atoms with van der Waals surface area (Å²) in [6.07, 6.45) is -0.704. The number of methoxy groups -OCH3 is 1. The minimum Gasteiger partial charge on any atom is -0.610 e. The number of alkyl halides is 2. The predicted octanol–water partition coefficient (Wildman–Crippen LogP) is 0.375. The van der Waals surface area contributed by atoms with E-state index in [9.17, 15) is 35.6 Å². The first kappa shape index (κ1) is 24.3. The van der Waals surface area contributed by atoms with Crippen LogP contribution in [0.1, 0.15) is 31.1 Å². The van der Waals surface area contributed by atoms with Crippen LogP contribution < -0.4 is 9.21 Å². The lowest BCUT2D eigenvalue weighted by Gasteiger charge is -2.29. The van der Waals surface area contributed by atoms with Gasteiger partial charge in [0.1, 0.15) is 5.75 Å². The second kappa shape index (κ2) is 7.96. The number of carbonyl (C=O) groups is 1. The summed E-state index contributed by atoms with van der Waals surface area (Å²) >= 11 is 0. The molecule has 0 heterocycles. The van der Waals surface area contributed by atoms with E-state index in [1.165, 1.54) is 7.11 Å². The number of carbonyl (C=O) groups excluding carboxylic acids is 1. The van der Waals surface area contributed by atoms with Crippen LogP contribution in [-0.4, -0.2) is 45.3 Å². The highest BCUT2D eigenvalue weighted by Gasteiger charge is 2.63. The van der Waals surface area contributed by atoms with E-state index in [-0.39, 0.29) is 5.75 Å². The van der Waals surface area contributed by atoms with E-state index >= 15 is 0 Å². The summed E-state index contributed by atoms with van der Waals surface area (Å²) in [5.74, 6) is -1.74. The number of hydrogen-bond donors (Lipinski definition) is 2. The van der Waals surface area contributed by atoms with Gasteiger partial charge in [-0.15, -0.1) is 0 Å². The van der Waals surface area contributed by atoms with Crippen LogP contribution in [0.3, 0.4) is 0 Å². The topological polar surface area (TPSA) is 152 Å². The molecular weight excluding hydrogens is 428 g/mol. The summed E-state index contributed by atoms with van der Waals surface area (Å²) in [7, 11) is -11.6. The third-order valence-electron chi connectivity index (χ3n) is 3.32. The van der Waals surface area contributed by atoms with Gasteiger partial charge >= 0.3 is 30.6 Å². The monoisotopic (exact) mass is 447 g/mol. The maximum Gasteiger partial charge on any atom is 0.522 e. The Hall–Kier alpha value is -1.71. The lowest BCUT2D eigenvalue weighted by atomic mass is 9.96. The van der Waals surface area contributed by atoms with Gasteiger partial charge in [-0.05, 0) is 24.3 Å². The molecule has 0 saturated heterocycles. The quantitative estimate of drug-likeness (QED) is 0.343. The fourth-order valence-corrected chi connectivity index (χ4v) is 3.79. The Kier molecular flexibility index (Phi) is 6.92. The van der Waals surface area contributed by atoms with Crippen molar-refractivity contribution in [2.45, 2.75) is 31.6 Å². The molecule has 1 amide bonds. The van der Waals surface area contributed by atoms with E-state index in [1.807, 2.05) is 20.8 Å². The second-order valence-electron chi connectivity index (χ2n) is 6.63. The molecule has 10 nitrogen and oxygen atoms in total. The summed E-state index contributed by atoms with van der Waals surface area (Å²) in [5.41, 5.74) is -1.05. The number of ether oxygens (including phenoxy) is 2. The minimum absolute atomic E-state index is 0.164. The first-order valence-electron chi connectivity index (χ1n) is 7.44. The summed E-state index contributed by atoms with van der Waals surface area (Å²) in [6, 6.07) is 4.16. The molecule has 0 radical (unpaired) electrons. The van der Waals surface area contributed by atoms with Crippen LogP contribution in [0.25, 0.3) is 0 Å². The van der Waals surface area contributed by atoms with Gasteiger partial charge < -0.3 is 14.7 Å². The number of rotatable bonds is 7. The summed E-state index contributed by atoms with van der Waals surface area (Å²) in [5, 5.41) is 11.7. The Morgan fingerprint density at radius 1 is 1.14 bits per heavy atom. The fraction of sp³-hybridized carbons (Fsp3) is 0.500. The average Bonchev–Trinajstić information content (AvgIpc) is 2.56. The van der Waals surface area contributed by atoms with E-state index in [0.717, 1.165) is 24.3 Å². The van der Waals surface area contributed by atoms with Crippen molar-refractivity contribution in [3.8, 4) is 5.75 Å². The highest BCUT2D eigenvalue weighted by molar-refractivity contribution is 8.04. The number of hydroxylamine groups is 1. The average molecular weight is 447 g/mol. The standard InChI is InChI=1S/C14H19F2NO9S2/c1-13(2,3)12(25-4)26-10-7-5-9(6-8-10)11(18)17(19)27(20,21)14(15,16)28(22,23)24/h5-8,12,17H,1-4H3,(H,22,23,24). The van der Waals surface area contributed by atoms with Gasteiger partial charge in [0.25, 0.3) is 0 Å². The molecule has 2 atom stereocenters. The van der Waals surface area contributed by atoms with Gasteiger partial charge in [-0.1, -0.05) is 20.8 Å². The van der Waals surface area contributed by atoms with Crippen LogP contribution in [0, 0.1) is 10.6 Å². The van der Waals surface area contributed by atoms with Crippen molar-refractivity contribution in [1.82, 2.24) is 0 Å². The predicted molar refractivity (Wildman–Crippen MR) is 91.4 cm³/mol. The molecule has 14 heteroatoms. The number of amides is 1. The smallest absolute Gasteiger partial charge is 0.522 e. The maximum atomic E-state index is 13.4. The second-order valence-corrected chi connectivity index (χ2v) is 10.2. The Bertz CT molecular complexity index is 923. The van der Waals surface area contributed by atoms with Crippen LogP contribution >= 0.6 is 0 Å². The molecule has 0 fully saturated rings. The fourth-order valence-electron chi connectivity index (χ4n) is 1.87. The number of hydrogen-bond acceptors (Lipinski definition) is 8. The van der Waals surface area contributed by atoms with E-state index in [2.05, 4.69) is 0 Å². The van der Waals surface area contributed by atoms with Crippen molar-refractivity contribution in [1.29, 1.82) is 0 Å². The van der Waals surface area contributed by atoms with Crippen molar-refractivity contribution >= 4 is 26.0 Å². The highest BCUT2D eigenvalue weighted by atomic mass is 32.3. The summed E-state index contributed by atoms with van der Waals surface area (Å²) in [4.78, 5) is 11.9. The van der Waals surface area contributed by atoms with Gasteiger partial charge in [0.2, 0.25) is 6.29 Å². The van der Waals surface area contributed by atoms with Crippen molar-refractivity contribution in [3.05, 3.63) is 35.0 Å². The Balaban J connectivity index is 3.11. The van der Waals surface area contributed by atoms with Gasteiger partial charge in [-0.2, -0.15) is 30.1 Å². The lowest BCUT2D eigenvalue weighted by molar-refractivity contribution is -0.609. The Morgan fingerprint density at radius 3 is 1.96 bits per heavy atom. The van der Waals surface area contributed by atoms with E-state index in [1.54, 1.807) is 0 Å². The molecule has 0 spiro atoms. The number of sulfonamides is 1. The molecule has 2 N–H and O–H groups in total. The van der Waals surface area contributed by atoms with Gasteiger partial charge in [0, 0.05) is 12.5 Å². The third kappa shape index (κ3) is 4.82. The van der Waals surface area contributed by atoms with Crippen molar-refractivity contribution in [3.63, 3.8) is 0 Å². The molecule has 1 aromatic carbocycles. The molecule has 0 aliphatic heterocycles. The zero-order chi connectivity index (χ0) is 22.1. The third-order valence-corrected chi connectivity index (χ3v) is 6.51. The summed E-state index contributed by atoms with van der Waals surface area (Å²) < 4.78 is 81.3. The molecule has 160 valence electrons. The number of benzene rings is 1. The van der Waals surface area contributed by atoms with Crippen LogP contribution in [0.2, 0.25) is 0 Å². The SMILES string of the molecule is COC(Oc1ccc(C(=O)[NH+]([O-])S(=O)(=O)C(F)(F)S(=O)(=O)O)cc1)C(C)(C)C. The van der Waals surface area contributed by atoms with Crippen LogP contribution in [0.15, 0.2) is 24.3 Å². The highest BCUT2D eigenvalue weighted by Crippen LogP contribution is 2.26. The van der Waals surface area contributed by atoms with E-state index in [0.29, 0.717) is 0 Å². The zero-order valence-electron chi connectivity index (χ0n) is 15.2. The minimum atomic E-state index is -6.51. The molecule has 0 bridgehead atoms. The number of nitrogens with one attached hydrogen (secondary N) is 1. The lowest BCUT2D eigenvalue weighted by Crippen LogP contribution is -3.13. The molecule has 0 aromatic heterocycles. The first-order valence-corrected chi connectivity index (χ1v) is 10.4. The van der Waals surface area contributed by atoms with Crippen molar-refractivity contribution < 1.29 is 48.9 Å². The van der Waals surface area contributed by atoms with Crippen molar-refractivity contribution in [2.75, 3.05) is 7.11 Å². The summed E-state index contributed by atoms with van der Waals surface area (Å²) in [6.45, 7) is 5.45. The van der Waals surface area contributed by atoms with Crippen LogP contribution in [-0.2, 0) is 24.9 Å². The molecule has 0 aliphatic rings. The largest absolute Gasteiger partial charge is 0.610 e. The molecular formula is C14H19F2NO9S2. The Labute approximate surface area is 160 Å². The Morgan fingerprint density at radius 2 is 1.61 bits per heavy atom. The maximum absolute atomic E-state index is 13.4. The van der Waals surface area contributed by atoms with Gasteiger partial charge in [-0.25, -0.2) is 4.79 Å². The van der Waals surface area contributed by atoms with Gasteiger partial charge in [0.05, 0.1) is 5.56 Å². The van der Waals surface area contributed by atoms with E-state index < -0.39 is 52.4 Å². The van der Waals surface area contributed by atoms with Gasteiger partial charge in [0.15, 0.2) is 0 Å². The first-order chi connectivity index (χ1) is 12.5. The molecule has 1 rings (SSSR count). The molecule has 28 heavy (non-hydrogen) atoms. The number of quaternary nitrogens is 1. The molecule has 1 aromatic rings.